The number of hydrogen-bond acceptors (Lipinski definition) is 6. The molecular formula is C61H110O6. The van der Waals surface area contributed by atoms with Crippen LogP contribution in [0.15, 0.2) is 48.6 Å². The van der Waals surface area contributed by atoms with Gasteiger partial charge in [0.15, 0.2) is 6.10 Å². The molecule has 0 aliphatic carbocycles. The van der Waals surface area contributed by atoms with Gasteiger partial charge in [0.25, 0.3) is 0 Å². The van der Waals surface area contributed by atoms with E-state index in [-0.39, 0.29) is 37.5 Å². The second-order valence-electron chi connectivity index (χ2n) is 19.6. The topological polar surface area (TPSA) is 78.9 Å². The molecule has 6 heteroatoms. The molecule has 0 saturated heterocycles. The van der Waals surface area contributed by atoms with Gasteiger partial charge < -0.3 is 14.2 Å². The lowest BCUT2D eigenvalue weighted by Gasteiger charge is -2.18. The number of unbranched alkanes of at least 4 members (excludes halogenated alkanes) is 34. The highest BCUT2D eigenvalue weighted by Gasteiger charge is 2.19. The molecule has 0 radical (unpaired) electrons. The van der Waals surface area contributed by atoms with Gasteiger partial charge >= 0.3 is 17.9 Å². The Kier molecular flexibility index (Phi) is 53.8. The highest BCUT2D eigenvalue weighted by molar-refractivity contribution is 5.71. The molecule has 0 aromatic heterocycles. The van der Waals surface area contributed by atoms with Crippen LogP contribution in [-0.4, -0.2) is 37.2 Å². The lowest BCUT2D eigenvalue weighted by atomic mass is 10.0. The van der Waals surface area contributed by atoms with Crippen LogP contribution in [0, 0.1) is 0 Å². The molecule has 0 bridgehead atoms. The molecule has 0 unspecified atom stereocenters. The lowest BCUT2D eigenvalue weighted by molar-refractivity contribution is -0.167. The highest BCUT2D eigenvalue weighted by atomic mass is 16.6. The Morgan fingerprint density at radius 2 is 0.552 bits per heavy atom. The fraction of sp³-hybridized carbons (Fsp3) is 0.820. The molecule has 0 aromatic rings. The number of rotatable bonds is 53. The molecule has 67 heavy (non-hydrogen) atoms. The Morgan fingerprint density at radius 3 is 0.910 bits per heavy atom. The summed E-state index contributed by atoms with van der Waals surface area (Å²) in [5.41, 5.74) is 0. The van der Waals surface area contributed by atoms with Crippen molar-refractivity contribution >= 4 is 17.9 Å². The van der Waals surface area contributed by atoms with Gasteiger partial charge in [-0.15, -0.1) is 0 Å². The number of hydrogen-bond donors (Lipinski definition) is 0. The van der Waals surface area contributed by atoms with Crippen LogP contribution < -0.4 is 0 Å². The minimum Gasteiger partial charge on any atom is -0.462 e. The Bertz CT molecular complexity index is 1170. The van der Waals surface area contributed by atoms with Crippen molar-refractivity contribution in [2.75, 3.05) is 13.2 Å². The first-order valence-corrected chi connectivity index (χ1v) is 29.1. The number of carbonyl (C=O) groups excluding carboxylic acids is 3. The summed E-state index contributed by atoms with van der Waals surface area (Å²) in [6, 6.07) is 0. The van der Waals surface area contributed by atoms with Gasteiger partial charge in [-0.1, -0.05) is 256 Å². The van der Waals surface area contributed by atoms with E-state index in [1.807, 2.05) is 0 Å². The molecule has 0 aliphatic heterocycles. The van der Waals surface area contributed by atoms with Crippen molar-refractivity contribution in [3.63, 3.8) is 0 Å². The summed E-state index contributed by atoms with van der Waals surface area (Å²) >= 11 is 0. The fourth-order valence-corrected chi connectivity index (χ4v) is 8.40. The smallest absolute Gasteiger partial charge is 0.306 e. The quantitative estimate of drug-likeness (QED) is 0.0262. The normalized spacial score (nSPS) is 12.3. The Hall–Kier alpha value is -2.63. The summed E-state index contributed by atoms with van der Waals surface area (Å²) in [6.07, 6.45) is 68.2. The second-order valence-corrected chi connectivity index (χ2v) is 19.6. The van der Waals surface area contributed by atoms with E-state index in [1.165, 1.54) is 199 Å². The maximum Gasteiger partial charge on any atom is 0.306 e. The van der Waals surface area contributed by atoms with Gasteiger partial charge in [-0.05, 0) is 77.0 Å². The molecule has 0 rings (SSSR count). The van der Waals surface area contributed by atoms with E-state index in [9.17, 15) is 14.4 Å². The van der Waals surface area contributed by atoms with Gasteiger partial charge in [0.05, 0.1) is 0 Å². The molecule has 0 spiro atoms. The molecular weight excluding hydrogens is 829 g/mol. The molecule has 0 N–H and O–H groups in total. The van der Waals surface area contributed by atoms with Crippen LogP contribution in [0.4, 0.5) is 0 Å². The van der Waals surface area contributed by atoms with E-state index in [1.54, 1.807) is 0 Å². The Balaban J connectivity index is 4.42. The van der Waals surface area contributed by atoms with Crippen molar-refractivity contribution in [1.29, 1.82) is 0 Å². The molecule has 0 fully saturated rings. The van der Waals surface area contributed by atoms with Crippen LogP contribution in [-0.2, 0) is 28.6 Å². The first kappa shape index (κ1) is 64.4. The van der Waals surface area contributed by atoms with Gasteiger partial charge in [-0.3, -0.25) is 14.4 Å². The van der Waals surface area contributed by atoms with Crippen molar-refractivity contribution in [3.05, 3.63) is 48.6 Å². The van der Waals surface area contributed by atoms with Crippen LogP contribution in [0.2, 0.25) is 0 Å². The average molecular weight is 940 g/mol. The van der Waals surface area contributed by atoms with Crippen LogP contribution in [0.3, 0.4) is 0 Å². The largest absolute Gasteiger partial charge is 0.462 e. The van der Waals surface area contributed by atoms with E-state index in [2.05, 4.69) is 69.4 Å². The van der Waals surface area contributed by atoms with Crippen molar-refractivity contribution in [3.8, 4) is 0 Å². The summed E-state index contributed by atoms with van der Waals surface area (Å²) < 4.78 is 16.8. The van der Waals surface area contributed by atoms with E-state index >= 15 is 0 Å². The summed E-state index contributed by atoms with van der Waals surface area (Å²) in [4.78, 5) is 38.1. The maximum atomic E-state index is 12.8. The van der Waals surface area contributed by atoms with Crippen molar-refractivity contribution < 1.29 is 28.6 Å². The summed E-state index contributed by atoms with van der Waals surface area (Å²) in [6.45, 7) is 6.61. The van der Waals surface area contributed by atoms with Crippen LogP contribution in [0.5, 0.6) is 0 Å². The zero-order valence-electron chi connectivity index (χ0n) is 44.7. The van der Waals surface area contributed by atoms with Crippen molar-refractivity contribution in [1.82, 2.24) is 0 Å². The predicted molar refractivity (Wildman–Crippen MR) is 289 cm³/mol. The summed E-state index contributed by atoms with van der Waals surface area (Å²) in [7, 11) is 0. The van der Waals surface area contributed by atoms with Gasteiger partial charge in [-0.25, -0.2) is 0 Å². The molecule has 0 amide bonds. The maximum absolute atomic E-state index is 12.8. The van der Waals surface area contributed by atoms with Crippen molar-refractivity contribution in [2.45, 2.75) is 309 Å². The van der Waals surface area contributed by atoms with Crippen LogP contribution in [0.25, 0.3) is 0 Å². The Labute approximate surface area is 416 Å². The van der Waals surface area contributed by atoms with Gasteiger partial charge in [-0.2, -0.15) is 0 Å². The first-order chi connectivity index (χ1) is 33.0. The molecule has 1 atom stereocenters. The van der Waals surface area contributed by atoms with E-state index in [0.717, 1.165) is 57.8 Å². The standard InChI is InChI=1S/C61H110O6/c1-4-7-10-13-16-19-22-25-28-30-33-36-39-42-45-48-51-54-60(63)66-57-58(56-65-59(62)53-50-47-44-41-38-35-32-27-24-21-18-15-12-9-6-3)67-61(64)55-52-49-46-43-40-37-34-31-29-26-23-20-17-14-11-8-5-2/h21,24,26,29,34,37,43,46,58H,4-20,22-23,25,27-28,30-33,35-36,38-42,44-45,47-57H2,1-3H3/b24-21-,29-26-,37-34-,46-43-/t58-/m1/s1. The Morgan fingerprint density at radius 1 is 0.299 bits per heavy atom. The minimum absolute atomic E-state index is 0.0912. The van der Waals surface area contributed by atoms with Crippen LogP contribution >= 0.6 is 0 Å². The van der Waals surface area contributed by atoms with Crippen LogP contribution in [0.1, 0.15) is 303 Å². The lowest BCUT2D eigenvalue weighted by Crippen LogP contribution is -2.30. The second kappa shape index (κ2) is 56.0. The van der Waals surface area contributed by atoms with E-state index in [0.29, 0.717) is 19.3 Å². The zero-order chi connectivity index (χ0) is 48.6. The average Bonchev–Trinajstić information content (AvgIpc) is 3.33. The SMILES string of the molecule is CCCCCC/C=C\CCCCCCCCCC(=O)OC[C@H](COC(=O)CCCCCCCCCCCCCCCCCCC)OC(=O)CCC/C=C\C/C=C\C/C=C\CCCCCCCC. The molecule has 0 heterocycles. The van der Waals surface area contributed by atoms with E-state index < -0.39 is 6.10 Å². The van der Waals surface area contributed by atoms with Gasteiger partial charge in [0.1, 0.15) is 13.2 Å². The summed E-state index contributed by atoms with van der Waals surface area (Å²) in [5.74, 6) is -0.934. The monoisotopic (exact) mass is 939 g/mol. The number of carbonyl (C=O) groups is 3. The van der Waals surface area contributed by atoms with E-state index in [4.69, 9.17) is 14.2 Å². The third kappa shape index (κ3) is 54.2. The fourth-order valence-electron chi connectivity index (χ4n) is 8.40. The predicted octanol–water partition coefficient (Wildman–Crippen LogP) is 19.4. The first-order valence-electron chi connectivity index (χ1n) is 29.1. The molecule has 0 aliphatic rings. The number of esters is 3. The number of ether oxygens (including phenoxy) is 3. The summed E-state index contributed by atoms with van der Waals surface area (Å²) in [5, 5.41) is 0. The highest BCUT2D eigenvalue weighted by Crippen LogP contribution is 2.16. The molecule has 0 saturated carbocycles. The third-order valence-electron chi connectivity index (χ3n) is 12.8. The molecule has 390 valence electrons. The molecule has 0 aromatic carbocycles. The molecule has 6 nitrogen and oxygen atoms in total. The third-order valence-corrected chi connectivity index (χ3v) is 12.8. The van der Waals surface area contributed by atoms with Crippen molar-refractivity contribution in [2.24, 2.45) is 0 Å². The minimum atomic E-state index is -0.799. The van der Waals surface area contributed by atoms with Gasteiger partial charge in [0, 0.05) is 19.3 Å². The zero-order valence-corrected chi connectivity index (χ0v) is 44.7. The number of allylic oxidation sites excluding steroid dienone is 8. The van der Waals surface area contributed by atoms with Gasteiger partial charge in [0.2, 0.25) is 0 Å².